The SMILES string of the molecule is CCCNC(CN(C)C)c1ccccc1OCC. The Morgan fingerprint density at radius 2 is 1.94 bits per heavy atom. The van der Waals surface area contributed by atoms with Crippen LogP contribution >= 0.6 is 0 Å². The number of hydrogen-bond acceptors (Lipinski definition) is 3. The summed E-state index contributed by atoms with van der Waals surface area (Å²) in [5, 5.41) is 3.59. The van der Waals surface area contributed by atoms with Crippen molar-refractivity contribution in [1.29, 1.82) is 0 Å². The van der Waals surface area contributed by atoms with Crippen molar-refractivity contribution in [3.8, 4) is 5.75 Å². The van der Waals surface area contributed by atoms with E-state index in [0.717, 1.165) is 25.3 Å². The summed E-state index contributed by atoms with van der Waals surface area (Å²) in [6.07, 6.45) is 1.14. The molecule has 0 amide bonds. The van der Waals surface area contributed by atoms with Gasteiger partial charge in [0.05, 0.1) is 6.61 Å². The minimum atomic E-state index is 0.322. The van der Waals surface area contributed by atoms with Crippen molar-refractivity contribution < 1.29 is 4.74 Å². The second-order valence-corrected chi connectivity index (χ2v) is 4.74. The quantitative estimate of drug-likeness (QED) is 0.767. The van der Waals surface area contributed by atoms with Crippen molar-refractivity contribution in [2.45, 2.75) is 26.3 Å². The van der Waals surface area contributed by atoms with Gasteiger partial charge in [-0.05, 0) is 40.1 Å². The van der Waals surface area contributed by atoms with Crippen molar-refractivity contribution >= 4 is 0 Å². The monoisotopic (exact) mass is 250 g/mol. The second-order valence-electron chi connectivity index (χ2n) is 4.74. The molecule has 1 atom stereocenters. The number of nitrogens with one attached hydrogen (secondary N) is 1. The minimum Gasteiger partial charge on any atom is -0.494 e. The first-order valence-corrected chi connectivity index (χ1v) is 6.78. The van der Waals surface area contributed by atoms with E-state index in [1.165, 1.54) is 5.56 Å². The first kappa shape index (κ1) is 15.0. The van der Waals surface area contributed by atoms with Crippen molar-refractivity contribution in [1.82, 2.24) is 10.2 Å². The fourth-order valence-electron chi connectivity index (χ4n) is 2.01. The summed E-state index contributed by atoms with van der Waals surface area (Å²) in [4.78, 5) is 2.20. The summed E-state index contributed by atoms with van der Waals surface area (Å²) < 4.78 is 5.72. The van der Waals surface area contributed by atoms with Crippen LogP contribution in [0.25, 0.3) is 0 Å². The first-order valence-electron chi connectivity index (χ1n) is 6.78. The van der Waals surface area contributed by atoms with Gasteiger partial charge in [-0.2, -0.15) is 0 Å². The van der Waals surface area contributed by atoms with E-state index < -0.39 is 0 Å². The van der Waals surface area contributed by atoms with Crippen LogP contribution in [0.5, 0.6) is 5.75 Å². The van der Waals surface area contributed by atoms with Crippen LogP contribution in [0.3, 0.4) is 0 Å². The number of rotatable bonds is 8. The molecule has 1 aromatic rings. The third kappa shape index (κ3) is 4.67. The maximum atomic E-state index is 5.72. The molecule has 0 heterocycles. The van der Waals surface area contributed by atoms with Gasteiger partial charge in [0, 0.05) is 18.2 Å². The Bertz CT molecular complexity index is 339. The molecule has 0 aliphatic rings. The molecule has 18 heavy (non-hydrogen) atoms. The highest BCUT2D eigenvalue weighted by Crippen LogP contribution is 2.25. The smallest absolute Gasteiger partial charge is 0.124 e. The van der Waals surface area contributed by atoms with Gasteiger partial charge in [0.25, 0.3) is 0 Å². The van der Waals surface area contributed by atoms with Crippen LogP contribution in [0.4, 0.5) is 0 Å². The molecule has 0 aliphatic carbocycles. The van der Waals surface area contributed by atoms with E-state index in [2.05, 4.69) is 49.4 Å². The van der Waals surface area contributed by atoms with Crippen molar-refractivity contribution in [2.24, 2.45) is 0 Å². The molecule has 102 valence electrons. The van der Waals surface area contributed by atoms with Crippen molar-refractivity contribution in [2.75, 3.05) is 33.8 Å². The third-order valence-corrected chi connectivity index (χ3v) is 2.78. The largest absolute Gasteiger partial charge is 0.494 e. The Hall–Kier alpha value is -1.06. The standard InChI is InChI=1S/C15H26N2O/c1-5-11-16-14(12-17(3)4)13-9-7-8-10-15(13)18-6-2/h7-10,14,16H,5-6,11-12H2,1-4H3. The maximum Gasteiger partial charge on any atom is 0.124 e. The highest BCUT2D eigenvalue weighted by Gasteiger charge is 2.15. The summed E-state index contributed by atoms with van der Waals surface area (Å²) in [5.41, 5.74) is 1.25. The third-order valence-electron chi connectivity index (χ3n) is 2.78. The normalized spacial score (nSPS) is 12.7. The Labute approximate surface area is 111 Å². The highest BCUT2D eigenvalue weighted by atomic mass is 16.5. The van der Waals surface area contributed by atoms with E-state index >= 15 is 0 Å². The summed E-state index contributed by atoms with van der Waals surface area (Å²) in [5.74, 6) is 0.996. The molecule has 0 saturated carbocycles. The molecular formula is C15H26N2O. The van der Waals surface area contributed by atoms with E-state index in [-0.39, 0.29) is 0 Å². The van der Waals surface area contributed by atoms with Crippen LogP contribution in [0.15, 0.2) is 24.3 Å². The van der Waals surface area contributed by atoms with Gasteiger partial charge in [0.1, 0.15) is 5.75 Å². The van der Waals surface area contributed by atoms with Crippen molar-refractivity contribution in [3.05, 3.63) is 29.8 Å². The summed E-state index contributed by atoms with van der Waals surface area (Å²) >= 11 is 0. The van der Waals surface area contributed by atoms with Crippen LogP contribution in [0.2, 0.25) is 0 Å². The fourth-order valence-corrected chi connectivity index (χ4v) is 2.01. The second kappa shape index (κ2) is 8.11. The Kier molecular flexibility index (Phi) is 6.76. The van der Waals surface area contributed by atoms with Crippen LogP contribution < -0.4 is 10.1 Å². The predicted molar refractivity (Wildman–Crippen MR) is 77.2 cm³/mol. The van der Waals surface area contributed by atoms with Crippen LogP contribution in [0, 0.1) is 0 Å². The molecule has 0 aromatic heterocycles. The van der Waals surface area contributed by atoms with Gasteiger partial charge in [-0.15, -0.1) is 0 Å². The summed E-state index contributed by atoms with van der Waals surface area (Å²) in [7, 11) is 4.20. The molecule has 1 rings (SSSR count). The molecule has 0 saturated heterocycles. The number of benzene rings is 1. The van der Waals surface area contributed by atoms with Gasteiger partial charge in [-0.1, -0.05) is 25.1 Å². The maximum absolute atomic E-state index is 5.72. The predicted octanol–water partition coefficient (Wildman–Crippen LogP) is 2.69. The van der Waals surface area contributed by atoms with E-state index in [9.17, 15) is 0 Å². The molecule has 3 heteroatoms. The lowest BCUT2D eigenvalue weighted by molar-refractivity contribution is 0.311. The van der Waals surface area contributed by atoms with Gasteiger partial charge >= 0.3 is 0 Å². The zero-order valence-electron chi connectivity index (χ0n) is 12.1. The Morgan fingerprint density at radius 3 is 2.56 bits per heavy atom. The Morgan fingerprint density at radius 1 is 1.22 bits per heavy atom. The van der Waals surface area contributed by atoms with Gasteiger partial charge < -0.3 is 15.0 Å². The van der Waals surface area contributed by atoms with Gasteiger partial charge in [0.15, 0.2) is 0 Å². The van der Waals surface area contributed by atoms with Gasteiger partial charge in [0.2, 0.25) is 0 Å². The molecule has 0 bridgehead atoms. The molecule has 3 nitrogen and oxygen atoms in total. The molecule has 1 unspecified atom stereocenters. The molecule has 0 radical (unpaired) electrons. The zero-order chi connectivity index (χ0) is 13.4. The van der Waals surface area contributed by atoms with Crippen LogP contribution in [-0.2, 0) is 0 Å². The lowest BCUT2D eigenvalue weighted by atomic mass is 10.0. The molecule has 0 fully saturated rings. The van der Waals surface area contributed by atoms with Crippen LogP contribution in [-0.4, -0.2) is 38.7 Å². The topological polar surface area (TPSA) is 24.5 Å². The average Bonchev–Trinajstić information content (AvgIpc) is 2.35. The summed E-state index contributed by atoms with van der Waals surface area (Å²) in [6, 6.07) is 8.63. The zero-order valence-corrected chi connectivity index (χ0v) is 12.1. The Balaban J connectivity index is 2.88. The van der Waals surface area contributed by atoms with E-state index in [1.807, 2.05) is 13.0 Å². The fraction of sp³-hybridized carbons (Fsp3) is 0.600. The van der Waals surface area contributed by atoms with E-state index in [1.54, 1.807) is 0 Å². The van der Waals surface area contributed by atoms with Crippen molar-refractivity contribution in [3.63, 3.8) is 0 Å². The highest BCUT2D eigenvalue weighted by molar-refractivity contribution is 5.36. The van der Waals surface area contributed by atoms with E-state index in [4.69, 9.17) is 4.74 Å². The van der Waals surface area contributed by atoms with Gasteiger partial charge in [-0.25, -0.2) is 0 Å². The number of ether oxygens (including phenoxy) is 1. The molecule has 1 aromatic carbocycles. The lowest BCUT2D eigenvalue weighted by Gasteiger charge is -2.24. The minimum absolute atomic E-state index is 0.322. The molecule has 0 aliphatic heterocycles. The van der Waals surface area contributed by atoms with Gasteiger partial charge in [-0.3, -0.25) is 0 Å². The molecule has 0 spiro atoms. The number of nitrogens with zero attached hydrogens (tertiary/aromatic N) is 1. The number of para-hydroxylation sites is 1. The van der Waals surface area contributed by atoms with E-state index in [0.29, 0.717) is 12.6 Å². The molecule has 1 N–H and O–H groups in total. The number of hydrogen-bond donors (Lipinski definition) is 1. The summed E-state index contributed by atoms with van der Waals surface area (Å²) in [6.45, 7) is 6.92. The number of likely N-dealkylation sites (N-methyl/N-ethyl adjacent to an activating group) is 1. The average molecular weight is 250 g/mol. The molecular weight excluding hydrogens is 224 g/mol. The first-order chi connectivity index (χ1) is 8.69. The lowest BCUT2D eigenvalue weighted by Crippen LogP contribution is -2.32. The van der Waals surface area contributed by atoms with Crippen LogP contribution in [0.1, 0.15) is 31.9 Å².